The van der Waals surface area contributed by atoms with Gasteiger partial charge in [0.1, 0.15) is 17.5 Å². The minimum atomic E-state index is -0.917. The molecule has 0 spiro atoms. The molecule has 0 amide bonds. The molecule has 102 valence electrons. The van der Waals surface area contributed by atoms with Crippen LogP contribution in [0.4, 0.5) is 13.2 Å². The lowest BCUT2D eigenvalue weighted by Gasteiger charge is -2.19. The molecule has 0 saturated heterocycles. The second-order valence-electron chi connectivity index (χ2n) is 3.91. The first kappa shape index (κ1) is 14.6. The second kappa shape index (κ2) is 6.07. The van der Waals surface area contributed by atoms with Crippen LogP contribution in [-0.2, 0) is 0 Å². The van der Waals surface area contributed by atoms with Gasteiger partial charge in [0, 0.05) is 27.0 Å². The zero-order chi connectivity index (χ0) is 14.0. The number of thiophene rings is 1. The van der Waals surface area contributed by atoms with E-state index < -0.39 is 23.5 Å². The third-order valence-corrected chi connectivity index (χ3v) is 4.58. The number of nitrogens with one attached hydrogen (secondary N) is 1. The monoisotopic (exact) mass is 349 g/mol. The van der Waals surface area contributed by atoms with Gasteiger partial charge in [0.05, 0.1) is 6.04 Å². The SMILES string of the molecule is CCNC(c1sccc1Br)c1c(F)cc(F)cc1F. The maximum atomic E-state index is 13.9. The van der Waals surface area contributed by atoms with E-state index in [-0.39, 0.29) is 5.56 Å². The van der Waals surface area contributed by atoms with Crippen LogP contribution >= 0.6 is 27.3 Å². The zero-order valence-electron chi connectivity index (χ0n) is 10.0. The Bertz CT molecular complexity index is 562. The predicted molar refractivity (Wildman–Crippen MR) is 73.9 cm³/mol. The molecule has 2 aromatic rings. The van der Waals surface area contributed by atoms with Crippen molar-refractivity contribution in [3.05, 3.63) is 55.9 Å². The molecule has 1 N–H and O–H groups in total. The molecule has 0 aliphatic heterocycles. The van der Waals surface area contributed by atoms with Gasteiger partial charge in [-0.15, -0.1) is 11.3 Å². The summed E-state index contributed by atoms with van der Waals surface area (Å²) in [6, 6.07) is 2.57. The molecule has 0 aliphatic carbocycles. The van der Waals surface area contributed by atoms with E-state index in [1.54, 1.807) is 0 Å². The van der Waals surface area contributed by atoms with E-state index in [2.05, 4.69) is 21.2 Å². The summed E-state index contributed by atoms with van der Waals surface area (Å²) in [4.78, 5) is 0.756. The summed E-state index contributed by atoms with van der Waals surface area (Å²) in [6.45, 7) is 2.37. The average Bonchev–Trinajstić information content (AvgIpc) is 2.73. The fraction of sp³-hybridized carbons (Fsp3) is 0.231. The van der Waals surface area contributed by atoms with Crippen molar-refractivity contribution in [1.29, 1.82) is 0 Å². The maximum absolute atomic E-state index is 13.9. The molecular weight excluding hydrogens is 339 g/mol. The highest BCUT2D eigenvalue weighted by atomic mass is 79.9. The van der Waals surface area contributed by atoms with E-state index in [1.165, 1.54) is 11.3 Å². The van der Waals surface area contributed by atoms with Crippen LogP contribution in [0.5, 0.6) is 0 Å². The summed E-state index contributed by atoms with van der Waals surface area (Å²) in [6.07, 6.45) is 0. The molecule has 1 heterocycles. The minimum absolute atomic E-state index is 0.161. The molecule has 1 aromatic carbocycles. The van der Waals surface area contributed by atoms with Crippen LogP contribution in [0.1, 0.15) is 23.4 Å². The van der Waals surface area contributed by atoms with Crippen LogP contribution in [0.3, 0.4) is 0 Å². The highest BCUT2D eigenvalue weighted by Crippen LogP contribution is 2.35. The lowest BCUT2D eigenvalue weighted by Crippen LogP contribution is -2.23. The van der Waals surface area contributed by atoms with Gasteiger partial charge in [-0.1, -0.05) is 6.92 Å². The van der Waals surface area contributed by atoms with Gasteiger partial charge in [0.15, 0.2) is 0 Å². The van der Waals surface area contributed by atoms with Crippen molar-refractivity contribution in [3.63, 3.8) is 0 Å². The number of rotatable bonds is 4. The Morgan fingerprint density at radius 3 is 2.37 bits per heavy atom. The van der Waals surface area contributed by atoms with Crippen LogP contribution in [0, 0.1) is 17.5 Å². The summed E-state index contributed by atoms with van der Waals surface area (Å²) < 4.78 is 41.5. The topological polar surface area (TPSA) is 12.0 Å². The predicted octanol–water partition coefficient (Wildman–Crippen LogP) is 4.63. The van der Waals surface area contributed by atoms with Crippen molar-refractivity contribution in [2.75, 3.05) is 6.54 Å². The molecule has 2 rings (SSSR count). The van der Waals surface area contributed by atoms with Gasteiger partial charge in [0.2, 0.25) is 0 Å². The third-order valence-electron chi connectivity index (χ3n) is 2.65. The van der Waals surface area contributed by atoms with Crippen molar-refractivity contribution in [3.8, 4) is 0 Å². The fourth-order valence-corrected chi connectivity index (χ4v) is 3.56. The zero-order valence-corrected chi connectivity index (χ0v) is 12.4. The normalized spacial score (nSPS) is 12.7. The Morgan fingerprint density at radius 2 is 1.89 bits per heavy atom. The highest BCUT2D eigenvalue weighted by Gasteiger charge is 2.24. The maximum Gasteiger partial charge on any atom is 0.134 e. The summed E-state index contributed by atoms with van der Waals surface area (Å²) in [5.74, 6) is -2.69. The fourth-order valence-electron chi connectivity index (χ4n) is 1.87. The standard InChI is InChI=1S/C13H11BrF3NS/c1-2-18-12(13-8(14)3-4-19-13)11-9(16)5-7(15)6-10(11)17/h3-6,12,18H,2H2,1H3. The molecule has 6 heteroatoms. The third kappa shape index (κ3) is 3.01. The minimum Gasteiger partial charge on any atom is -0.306 e. The lowest BCUT2D eigenvalue weighted by atomic mass is 10.0. The van der Waals surface area contributed by atoms with Gasteiger partial charge in [0.25, 0.3) is 0 Å². The Morgan fingerprint density at radius 1 is 1.26 bits per heavy atom. The van der Waals surface area contributed by atoms with Gasteiger partial charge in [-0.2, -0.15) is 0 Å². The van der Waals surface area contributed by atoms with Gasteiger partial charge in [-0.3, -0.25) is 0 Å². The van der Waals surface area contributed by atoms with E-state index in [4.69, 9.17) is 0 Å². The molecular formula is C13H11BrF3NS. The summed E-state index contributed by atoms with van der Waals surface area (Å²) in [7, 11) is 0. The molecule has 0 fully saturated rings. The van der Waals surface area contributed by atoms with Gasteiger partial charge in [-0.25, -0.2) is 13.2 Å². The van der Waals surface area contributed by atoms with Gasteiger partial charge < -0.3 is 5.32 Å². The summed E-state index contributed by atoms with van der Waals surface area (Å²) in [5, 5.41) is 4.84. The molecule has 1 atom stereocenters. The summed E-state index contributed by atoms with van der Waals surface area (Å²) in [5.41, 5.74) is -0.161. The second-order valence-corrected chi connectivity index (χ2v) is 5.71. The lowest BCUT2D eigenvalue weighted by molar-refractivity contribution is 0.494. The van der Waals surface area contributed by atoms with E-state index >= 15 is 0 Å². The molecule has 0 radical (unpaired) electrons. The van der Waals surface area contributed by atoms with Crippen LogP contribution in [0.2, 0.25) is 0 Å². The quantitative estimate of drug-likeness (QED) is 0.848. The van der Waals surface area contributed by atoms with Crippen LogP contribution < -0.4 is 5.32 Å². The van der Waals surface area contributed by atoms with Crippen molar-refractivity contribution >= 4 is 27.3 Å². The van der Waals surface area contributed by atoms with Crippen LogP contribution in [0.15, 0.2) is 28.1 Å². The Kier molecular flexibility index (Phi) is 4.65. The van der Waals surface area contributed by atoms with E-state index in [9.17, 15) is 13.2 Å². The highest BCUT2D eigenvalue weighted by molar-refractivity contribution is 9.10. The Hall–Kier alpha value is -0.850. The molecule has 19 heavy (non-hydrogen) atoms. The first-order chi connectivity index (χ1) is 9.04. The van der Waals surface area contributed by atoms with Crippen molar-refractivity contribution in [2.45, 2.75) is 13.0 Å². The number of hydrogen-bond donors (Lipinski definition) is 1. The number of halogens is 4. The molecule has 0 bridgehead atoms. The molecule has 0 aliphatic rings. The molecule has 1 aromatic heterocycles. The largest absolute Gasteiger partial charge is 0.306 e. The smallest absolute Gasteiger partial charge is 0.134 e. The van der Waals surface area contributed by atoms with Gasteiger partial charge >= 0.3 is 0 Å². The number of benzene rings is 1. The van der Waals surface area contributed by atoms with Crippen molar-refractivity contribution < 1.29 is 13.2 Å². The van der Waals surface area contributed by atoms with E-state index in [0.29, 0.717) is 18.7 Å². The van der Waals surface area contributed by atoms with E-state index in [0.717, 1.165) is 9.35 Å². The molecule has 0 saturated carbocycles. The first-order valence-electron chi connectivity index (χ1n) is 5.65. The van der Waals surface area contributed by atoms with Crippen LogP contribution in [0.25, 0.3) is 0 Å². The summed E-state index contributed by atoms with van der Waals surface area (Å²) >= 11 is 4.73. The Labute approximate surface area is 121 Å². The van der Waals surface area contributed by atoms with Crippen molar-refractivity contribution in [1.82, 2.24) is 5.32 Å². The first-order valence-corrected chi connectivity index (χ1v) is 7.32. The number of hydrogen-bond acceptors (Lipinski definition) is 2. The van der Waals surface area contributed by atoms with Crippen LogP contribution in [-0.4, -0.2) is 6.54 Å². The van der Waals surface area contributed by atoms with E-state index in [1.807, 2.05) is 18.4 Å². The Balaban J connectivity index is 2.54. The molecule has 1 nitrogen and oxygen atoms in total. The molecule has 1 unspecified atom stereocenters. The van der Waals surface area contributed by atoms with Gasteiger partial charge in [-0.05, 0) is 33.9 Å². The average molecular weight is 350 g/mol. The van der Waals surface area contributed by atoms with Crippen molar-refractivity contribution in [2.24, 2.45) is 0 Å².